The first-order chi connectivity index (χ1) is 8.95. The normalized spacial score (nSPS) is 13.9. The van der Waals surface area contributed by atoms with E-state index in [9.17, 15) is 18.8 Å². The zero-order valence-electron chi connectivity index (χ0n) is 9.91. The minimum atomic E-state index is -0.842. The van der Waals surface area contributed by atoms with Crippen molar-refractivity contribution in [2.45, 2.75) is 0 Å². The van der Waals surface area contributed by atoms with Gasteiger partial charge >= 0.3 is 0 Å². The van der Waals surface area contributed by atoms with Gasteiger partial charge in [0.1, 0.15) is 12.4 Å². The predicted molar refractivity (Wildman–Crippen MR) is 67.7 cm³/mol. The number of rotatable bonds is 4. The SMILES string of the molecule is COCC(=O)CN1C(=O)C(=O)c2cc(F)cc(Br)c21. The number of anilines is 1. The molecule has 0 fully saturated rings. The molecule has 0 aliphatic carbocycles. The lowest BCUT2D eigenvalue weighted by Gasteiger charge is -2.16. The largest absolute Gasteiger partial charge is 0.377 e. The summed E-state index contributed by atoms with van der Waals surface area (Å²) in [5, 5.41) is 0. The molecular weight excluding hydrogens is 321 g/mol. The summed E-state index contributed by atoms with van der Waals surface area (Å²) in [6.07, 6.45) is 0. The molecule has 7 heteroatoms. The third-order valence-electron chi connectivity index (χ3n) is 2.62. The monoisotopic (exact) mass is 329 g/mol. The molecule has 1 aromatic rings. The highest BCUT2D eigenvalue weighted by atomic mass is 79.9. The number of carbonyl (C=O) groups excluding carboxylic acids is 3. The van der Waals surface area contributed by atoms with Crippen molar-refractivity contribution < 1.29 is 23.5 Å². The van der Waals surface area contributed by atoms with Crippen LogP contribution in [0.4, 0.5) is 10.1 Å². The van der Waals surface area contributed by atoms with Gasteiger partial charge in [0.2, 0.25) is 0 Å². The maximum absolute atomic E-state index is 13.2. The molecule has 100 valence electrons. The van der Waals surface area contributed by atoms with E-state index in [1.807, 2.05) is 0 Å². The number of ether oxygens (including phenoxy) is 1. The molecule has 19 heavy (non-hydrogen) atoms. The molecule has 1 aliphatic rings. The van der Waals surface area contributed by atoms with Crippen LogP contribution in [-0.4, -0.2) is 37.7 Å². The molecule has 0 atom stereocenters. The molecule has 0 unspecified atom stereocenters. The van der Waals surface area contributed by atoms with E-state index in [1.54, 1.807) is 0 Å². The van der Waals surface area contributed by atoms with Crippen molar-refractivity contribution in [1.82, 2.24) is 0 Å². The van der Waals surface area contributed by atoms with E-state index in [4.69, 9.17) is 0 Å². The smallest absolute Gasteiger partial charge is 0.299 e. The van der Waals surface area contributed by atoms with Crippen molar-refractivity contribution >= 4 is 39.1 Å². The van der Waals surface area contributed by atoms with Crippen molar-refractivity contribution in [2.24, 2.45) is 0 Å². The first-order valence-corrected chi connectivity index (χ1v) is 6.11. The Balaban J connectivity index is 2.41. The summed E-state index contributed by atoms with van der Waals surface area (Å²) in [6, 6.07) is 2.12. The number of fused-ring (bicyclic) bond motifs is 1. The van der Waals surface area contributed by atoms with Gasteiger partial charge in [0.25, 0.3) is 11.7 Å². The summed E-state index contributed by atoms with van der Waals surface area (Å²) in [6.45, 7) is -0.443. The average molecular weight is 330 g/mol. The number of ketones is 2. The van der Waals surface area contributed by atoms with Crippen molar-refractivity contribution in [1.29, 1.82) is 0 Å². The van der Waals surface area contributed by atoms with Crippen LogP contribution in [0.2, 0.25) is 0 Å². The fourth-order valence-electron chi connectivity index (χ4n) is 1.89. The van der Waals surface area contributed by atoms with Crippen LogP contribution in [-0.2, 0) is 14.3 Å². The van der Waals surface area contributed by atoms with Gasteiger partial charge in [-0.05, 0) is 28.1 Å². The fraction of sp³-hybridized carbons (Fsp3) is 0.250. The molecule has 1 amide bonds. The van der Waals surface area contributed by atoms with Gasteiger partial charge in [-0.3, -0.25) is 19.3 Å². The number of hydrogen-bond acceptors (Lipinski definition) is 4. The molecule has 0 saturated carbocycles. The van der Waals surface area contributed by atoms with Crippen LogP contribution in [0.15, 0.2) is 16.6 Å². The topological polar surface area (TPSA) is 63.7 Å². The van der Waals surface area contributed by atoms with Gasteiger partial charge in [-0.25, -0.2) is 4.39 Å². The zero-order valence-corrected chi connectivity index (χ0v) is 11.5. The van der Waals surface area contributed by atoms with E-state index in [2.05, 4.69) is 20.7 Å². The van der Waals surface area contributed by atoms with Crippen LogP contribution in [0, 0.1) is 5.82 Å². The number of amides is 1. The zero-order chi connectivity index (χ0) is 14.2. The van der Waals surface area contributed by atoms with Gasteiger partial charge in [-0.1, -0.05) is 0 Å². The highest BCUT2D eigenvalue weighted by molar-refractivity contribution is 9.10. The van der Waals surface area contributed by atoms with E-state index >= 15 is 0 Å². The maximum Gasteiger partial charge on any atom is 0.299 e. The fourth-order valence-corrected chi connectivity index (χ4v) is 2.53. The average Bonchev–Trinajstić information content (AvgIpc) is 2.55. The van der Waals surface area contributed by atoms with Crippen molar-refractivity contribution in [2.75, 3.05) is 25.2 Å². The van der Waals surface area contributed by atoms with Crippen molar-refractivity contribution in [3.05, 3.63) is 28.0 Å². The maximum atomic E-state index is 13.2. The van der Waals surface area contributed by atoms with Crippen LogP contribution in [0.3, 0.4) is 0 Å². The summed E-state index contributed by atoms with van der Waals surface area (Å²) >= 11 is 3.09. The van der Waals surface area contributed by atoms with Gasteiger partial charge < -0.3 is 4.74 Å². The second kappa shape index (κ2) is 5.18. The van der Waals surface area contributed by atoms with Crippen LogP contribution in [0.25, 0.3) is 0 Å². The molecule has 0 radical (unpaired) electrons. The molecular formula is C12H9BrFNO4. The number of halogens is 2. The molecule has 1 heterocycles. The predicted octanol–water partition coefficient (Wildman–Crippen LogP) is 1.33. The Hall–Kier alpha value is -1.60. The highest BCUT2D eigenvalue weighted by Gasteiger charge is 2.38. The van der Waals surface area contributed by atoms with E-state index in [0.29, 0.717) is 0 Å². The lowest BCUT2D eigenvalue weighted by molar-refractivity contribution is -0.123. The molecule has 5 nitrogen and oxygen atoms in total. The Morgan fingerprint density at radius 1 is 1.42 bits per heavy atom. The Morgan fingerprint density at radius 2 is 2.11 bits per heavy atom. The third kappa shape index (κ3) is 2.43. The number of carbonyl (C=O) groups is 3. The quantitative estimate of drug-likeness (QED) is 0.782. The molecule has 2 rings (SSSR count). The van der Waals surface area contributed by atoms with Crippen LogP contribution < -0.4 is 4.90 Å². The van der Waals surface area contributed by atoms with Gasteiger partial charge in [0.05, 0.1) is 17.8 Å². The van der Waals surface area contributed by atoms with Gasteiger partial charge in [0.15, 0.2) is 5.78 Å². The molecule has 0 spiro atoms. The molecule has 1 aliphatic heterocycles. The number of hydrogen-bond donors (Lipinski definition) is 0. The van der Waals surface area contributed by atoms with Crippen molar-refractivity contribution in [3.63, 3.8) is 0 Å². The Kier molecular flexibility index (Phi) is 3.77. The second-order valence-electron chi connectivity index (χ2n) is 3.98. The lowest BCUT2D eigenvalue weighted by Crippen LogP contribution is -2.36. The third-order valence-corrected chi connectivity index (χ3v) is 3.23. The van der Waals surface area contributed by atoms with E-state index in [0.717, 1.165) is 17.0 Å². The highest BCUT2D eigenvalue weighted by Crippen LogP contribution is 2.36. The standard InChI is InChI=1S/C12H9BrFNO4/c1-19-5-7(16)4-15-10-8(11(17)12(15)18)2-6(14)3-9(10)13/h2-3H,4-5H2,1H3. The first-order valence-electron chi connectivity index (χ1n) is 5.31. The molecule has 0 saturated heterocycles. The first kappa shape index (κ1) is 13.8. The number of nitrogens with zero attached hydrogens (tertiary/aromatic N) is 1. The second-order valence-corrected chi connectivity index (χ2v) is 4.83. The van der Waals surface area contributed by atoms with E-state index in [-0.39, 0.29) is 34.7 Å². The summed E-state index contributed by atoms with van der Waals surface area (Å²) < 4.78 is 18.2. The van der Waals surface area contributed by atoms with Gasteiger partial charge in [-0.15, -0.1) is 0 Å². The molecule has 0 aromatic heterocycles. The number of Topliss-reactive ketones (excluding diaryl/α,β-unsaturated/α-hetero) is 2. The Morgan fingerprint density at radius 3 is 2.74 bits per heavy atom. The number of methoxy groups -OCH3 is 1. The van der Waals surface area contributed by atoms with Crippen LogP contribution >= 0.6 is 15.9 Å². The van der Waals surface area contributed by atoms with Crippen molar-refractivity contribution in [3.8, 4) is 0 Å². The molecule has 0 bridgehead atoms. The molecule has 0 N–H and O–H groups in total. The summed E-state index contributed by atoms with van der Waals surface area (Å²) in [5.74, 6) is -2.64. The Bertz CT molecular complexity index is 587. The minimum absolute atomic E-state index is 0.0397. The minimum Gasteiger partial charge on any atom is -0.377 e. The summed E-state index contributed by atoms with van der Waals surface area (Å²) in [5.41, 5.74) is 0.183. The summed E-state index contributed by atoms with van der Waals surface area (Å²) in [7, 11) is 1.36. The van der Waals surface area contributed by atoms with E-state index in [1.165, 1.54) is 7.11 Å². The van der Waals surface area contributed by atoms with Crippen LogP contribution in [0.1, 0.15) is 10.4 Å². The summed E-state index contributed by atoms with van der Waals surface area (Å²) in [4.78, 5) is 36.1. The van der Waals surface area contributed by atoms with E-state index < -0.39 is 17.5 Å². The molecule has 1 aromatic carbocycles. The number of benzene rings is 1. The van der Waals surface area contributed by atoms with Gasteiger partial charge in [0, 0.05) is 11.6 Å². The lowest BCUT2D eigenvalue weighted by atomic mass is 10.1. The van der Waals surface area contributed by atoms with Gasteiger partial charge in [-0.2, -0.15) is 0 Å². The Labute approximate surface area is 116 Å². The van der Waals surface area contributed by atoms with Crippen LogP contribution in [0.5, 0.6) is 0 Å².